The zero-order valence-electron chi connectivity index (χ0n) is 14.1. The van der Waals surface area contributed by atoms with E-state index in [9.17, 15) is 9.59 Å². The highest BCUT2D eigenvalue weighted by molar-refractivity contribution is 6.30. The maximum Gasteiger partial charge on any atom is 0.254 e. The summed E-state index contributed by atoms with van der Waals surface area (Å²) in [6.45, 7) is 2.88. The van der Waals surface area contributed by atoms with E-state index in [1.165, 1.54) is 6.07 Å². The summed E-state index contributed by atoms with van der Waals surface area (Å²) in [4.78, 5) is 25.6. The van der Waals surface area contributed by atoms with Gasteiger partial charge in [-0.2, -0.15) is 0 Å². The minimum absolute atomic E-state index is 0.0602. The van der Waals surface area contributed by atoms with E-state index in [1.807, 2.05) is 25.1 Å². The molecule has 1 aromatic heterocycles. The van der Waals surface area contributed by atoms with Gasteiger partial charge in [0.25, 0.3) is 5.56 Å². The third-order valence-electron chi connectivity index (χ3n) is 4.23. The SMILES string of the molecule is Cc1cc(OC2CN(C(=O)/C=C/c3ccc(Cl)cc3)C2)cc(=O)n1C. The van der Waals surface area contributed by atoms with Crippen LogP contribution in [0.3, 0.4) is 0 Å². The van der Waals surface area contributed by atoms with Gasteiger partial charge in [0, 0.05) is 29.9 Å². The molecule has 3 rings (SSSR count). The molecule has 0 radical (unpaired) electrons. The molecule has 1 amide bonds. The molecule has 1 aromatic carbocycles. The summed E-state index contributed by atoms with van der Waals surface area (Å²) in [6, 6.07) is 10.6. The third kappa shape index (κ3) is 4.12. The van der Waals surface area contributed by atoms with E-state index < -0.39 is 0 Å². The molecule has 0 N–H and O–H groups in total. The first-order valence-electron chi connectivity index (χ1n) is 7.99. The highest BCUT2D eigenvalue weighted by Crippen LogP contribution is 2.18. The van der Waals surface area contributed by atoms with Gasteiger partial charge in [0.15, 0.2) is 0 Å². The first kappa shape index (κ1) is 17.3. The predicted octanol–water partition coefficient (Wildman–Crippen LogP) is 2.65. The summed E-state index contributed by atoms with van der Waals surface area (Å²) < 4.78 is 7.34. The maximum atomic E-state index is 12.1. The molecule has 0 atom stereocenters. The largest absolute Gasteiger partial charge is 0.486 e. The Labute approximate surface area is 151 Å². The van der Waals surface area contributed by atoms with E-state index in [0.717, 1.165) is 11.3 Å². The fourth-order valence-corrected chi connectivity index (χ4v) is 2.66. The van der Waals surface area contributed by atoms with Crippen LogP contribution >= 0.6 is 11.6 Å². The van der Waals surface area contributed by atoms with E-state index in [0.29, 0.717) is 23.9 Å². The second kappa shape index (κ2) is 7.15. The fourth-order valence-electron chi connectivity index (χ4n) is 2.54. The van der Waals surface area contributed by atoms with Crippen LogP contribution in [0.25, 0.3) is 6.08 Å². The van der Waals surface area contributed by atoms with Gasteiger partial charge in [-0.25, -0.2) is 0 Å². The molecule has 0 spiro atoms. The van der Waals surface area contributed by atoms with Gasteiger partial charge in [-0.1, -0.05) is 23.7 Å². The molecule has 2 heterocycles. The Hall–Kier alpha value is -2.53. The number of rotatable bonds is 4. The number of benzene rings is 1. The van der Waals surface area contributed by atoms with Gasteiger partial charge in [-0.3, -0.25) is 9.59 Å². The lowest BCUT2D eigenvalue weighted by Gasteiger charge is -2.38. The number of carbonyl (C=O) groups is 1. The Kier molecular flexibility index (Phi) is 4.95. The molecule has 0 bridgehead atoms. The second-order valence-electron chi connectivity index (χ2n) is 6.10. The summed E-state index contributed by atoms with van der Waals surface area (Å²) in [5.74, 6) is 0.490. The minimum Gasteiger partial charge on any atom is -0.486 e. The Morgan fingerprint density at radius 2 is 1.92 bits per heavy atom. The van der Waals surface area contributed by atoms with Crippen LogP contribution in [-0.2, 0) is 11.8 Å². The van der Waals surface area contributed by atoms with Gasteiger partial charge >= 0.3 is 0 Å². The molecule has 0 unspecified atom stereocenters. The fraction of sp³-hybridized carbons (Fsp3) is 0.263. The first-order chi connectivity index (χ1) is 11.9. The number of amides is 1. The van der Waals surface area contributed by atoms with E-state index >= 15 is 0 Å². The molecule has 1 saturated heterocycles. The van der Waals surface area contributed by atoms with Crippen molar-refractivity contribution in [2.75, 3.05) is 13.1 Å². The normalized spacial score (nSPS) is 14.6. The van der Waals surface area contributed by atoms with Crippen LogP contribution in [0.2, 0.25) is 5.02 Å². The van der Waals surface area contributed by atoms with Gasteiger partial charge in [0.1, 0.15) is 11.9 Å². The Bertz CT molecular complexity index is 865. The Morgan fingerprint density at radius 3 is 2.56 bits per heavy atom. The molecule has 0 aliphatic carbocycles. The molecule has 130 valence electrons. The van der Waals surface area contributed by atoms with Crippen molar-refractivity contribution in [1.29, 1.82) is 0 Å². The Balaban J connectivity index is 1.53. The van der Waals surface area contributed by atoms with Crippen LogP contribution in [0.15, 0.2) is 47.3 Å². The summed E-state index contributed by atoms with van der Waals surface area (Å²) in [5, 5.41) is 0.664. The molecule has 6 heteroatoms. The van der Waals surface area contributed by atoms with Crippen molar-refractivity contribution in [2.45, 2.75) is 13.0 Å². The summed E-state index contributed by atoms with van der Waals surface area (Å²) in [5.41, 5.74) is 1.65. The van der Waals surface area contributed by atoms with E-state index in [2.05, 4.69) is 0 Å². The number of pyridine rings is 1. The van der Waals surface area contributed by atoms with Crippen molar-refractivity contribution in [3.05, 3.63) is 69.1 Å². The van der Waals surface area contributed by atoms with Crippen molar-refractivity contribution in [1.82, 2.24) is 9.47 Å². The van der Waals surface area contributed by atoms with Gasteiger partial charge < -0.3 is 14.2 Å². The van der Waals surface area contributed by atoms with Crippen molar-refractivity contribution in [2.24, 2.45) is 7.05 Å². The van der Waals surface area contributed by atoms with Crippen molar-refractivity contribution < 1.29 is 9.53 Å². The first-order valence-corrected chi connectivity index (χ1v) is 8.37. The molecule has 5 nitrogen and oxygen atoms in total. The highest BCUT2D eigenvalue weighted by atomic mass is 35.5. The molecule has 1 aliphatic rings. The highest BCUT2D eigenvalue weighted by Gasteiger charge is 2.31. The lowest BCUT2D eigenvalue weighted by molar-refractivity contribution is -0.134. The van der Waals surface area contributed by atoms with Crippen LogP contribution in [0.5, 0.6) is 5.75 Å². The van der Waals surface area contributed by atoms with Gasteiger partial charge in [0.05, 0.1) is 13.1 Å². The van der Waals surface area contributed by atoms with Crippen LogP contribution in [0, 0.1) is 6.92 Å². The van der Waals surface area contributed by atoms with Crippen LogP contribution < -0.4 is 10.3 Å². The topological polar surface area (TPSA) is 51.5 Å². The molecular formula is C19H19ClN2O3. The molecule has 0 saturated carbocycles. The Morgan fingerprint density at radius 1 is 1.24 bits per heavy atom. The number of likely N-dealkylation sites (tertiary alicyclic amines) is 1. The summed E-state index contributed by atoms with van der Waals surface area (Å²) in [7, 11) is 1.72. The summed E-state index contributed by atoms with van der Waals surface area (Å²) >= 11 is 5.83. The molecule has 25 heavy (non-hydrogen) atoms. The third-order valence-corrected chi connectivity index (χ3v) is 4.48. The zero-order valence-corrected chi connectivity index (χ0v) is 14.9. The molecule has 2 aromatic rings. The lowest BCUT2D eigenvalue weighted by atomic mass is 10.1. The van der Waals surface area contributed by atoms with Crippen molar-refractivity contribution >= 4 is 23.6 Å². The van der Waals surface area contributed by atoms with Crippen molar-refractivity contribution in [3.8, 4) is 5.75 Å². The van der Waals surface area contributed by atoms with Gasteiger partial charge in [-0.15, -0.1) is 0 Å². The van der Waals surface area contributed by atoms with Gasteiger partial charge in [0.2, 0.25) is 5.91 Å². The second-order valence-corrected chi connectivity index (χ2v) is 6.53. The maximum absolute atomic E-state index is 12.1. The zero-order chi connectivity index (χ0) is 18.0. The number of ether oxygens (including phenoxy) is 1. The number of aryl methyl sites for hydroxylation is 1. The smallest absolute Gasteiger partial charge is 0.254 e. The van der Waals surface area contributed by atoms with Crippen LogP contribution in [0.1, 0.15) is 11.3 Å². The monoisotopic (exact) mass is 358 g/mol. The molecule has 1 fully saturated rings. The van der Waals surface area contributed by atoms with E-state index in [4.69, 9.17) is 16.3 Å². The van der Waals surface area contributed by atoms with Gasteiger partial charge in [-0.05, 0) is 36.8 Å². The van der Waals surface area contributed by atoms with E-state index in [-0.39, 0.29) is 17.6 Å². The molecular weight excluding hydrogens is 340 g/mol. The standard InChI is InChI=1S/C19H19ClN2O3/c1-13-9-16(10-19(24)21(13)2)25-17-11-22(12-17)18(23)8-5-14-3-6-15(20)7-4-14/h3-10,17H,11-12H2,1-2H3/b8-5+. The van der Waals surface area contributed by atoms with Crippen LogP contribution in [0.4, 0.5) is 0 Å². The van der Waals surface area contributed by atoms with Crippen LogP contribution in [-0.4, -0.2) is 34.6 Å². The number of hydrogen-bond donors (Lipinski definition) is 0. The number of aromatic nitrogens is 1. The van der Waals surface area contributed by atoms with E-state index in [1.54, 1.807) is 40.8 Å². The van der Waals surface area contributed by atoms with Crippen molar-refractivity contribution in [3.63, 3.8) is 0 Å². The molecule has 1 aliphatic heterocycles. The number of halogens is 1. The predicted molar refractivity (Wildman–Crippen MR) is 97.9 cm³/mol. The quantitative estimate of drug-likeness (QED) is 0.789. The number of nitrogens with zero attached hydrogens (tertiary/aromatic N) is 2. The average Bonchev–Trinajstić information content (AvgIpc) is 2.54. The number of hydrogen-bond acceptors (Lipinski definition) is 3. The lowest BCUT2D eigenvalue weighted by Crippen LogP contribution is -2.55. The summed E-state index contributed by atoms with van der Waals surface area (Å²) in [6.07, 6.45) is 3.22. The minimum atomic E-state index is -0.104. The average molecular weight is 359 g/mol. The number of carbonyl (C=O) groups excluding carboxylic acids is 1.